The Bertz CT molecular complexity index is 1300. The zero-order valence-corrected chi connectivity index (χ0v) is 31.4. The molecule has 298 valence electrons. The first-order valence-corrected chi connectivity index (χ1v) is 19.9. The maximum Gasteiger partial charge on any atom is 0.187 e. The van der Waals surface area contributed by atoms with Crippen molar-refractivity contribution in [1.29, 1.82) is 0 Å². The number of aliphatic hydroxyl groups is 8. The van der Waals surface area contributed by atoms with E-state index < -0.39 is 73.8 Å². The van der Waals surface area contributed by atoms with E-state index in [1.165, 1.54) is 12.5 Å². The Kier molecular flexibility index (Phi) is 11.1. The highest BCUT2D eigenvalue weighted by Gasteiger charge is 2.68. The lowest BCUT2D eigenvalue weighted by Gasteiger charge is -2.58. The highest BCUT2D eigenvalue weighted by Crippen LogP contribution is 2.70. The van der Waals surface area contributed by atoms with Crippen LogP contribution in [0.15, 0.2) is 11.6 Å². The minimum Gasteiger partial charge on any atom is -0.396 e. The van der Waals surface area contributed by atoms with Gasteiger partial charge in [0.25, 0.3) is 0 Å². The van der Waals surface area contributed by atoms with Gasteiger partial charge in [0.2, 0.25) is 0 Å². The third-order valence-electron chi connectivity index (χ3n) is 15.3. The zero-order valence-electron chi connectivity index (χ0n) is 31.4. The van der Waals surface area contributed by atoms with E-state index in [9.17, 15) is 40.9 Å². The SMILES string of the molecule is CC1O[C@@H](O[C@H]2C(O)[C@H](O)C(CO)O[C@H]2OC2CC[C@@]3(C)C(=CC[C@H]4[C@@H]5CC6OC(O)(CC[C@@H](C)CO)[C@@H](C)[C@@H]6[C@@]5(C)CC[C@@H]43)C2)[C@@H](O)C(O)[C@H]1O. The van der Waals surface area contributed by atoms with E-state index in [2.05, 4.69) is 26.8 Å². The summed E-state index contributed by atoms with van der Waals surface area (Å²) in [6.07, 6.45) is -3.65. The first-order chi connectivity index (χ1) is 24.6. The minimum absolute atomic E-state index is 0.00469. The highest BCUT2D eigenvalue weighted by molar-refractivity contribution is 5.26. The lowest BCUT2D eigenvalue weighted by Crippen LogP contribution is -2.64. The van der Waals surface area contributed by atoms with Gasteiger partial charge >= 0.3 is 0 Å². The molecule has 6 fully saturated rings. The molecule has 7 aliphatic rings. The molecule has 13 heteroatoms. The van der Waals surface area contributed by atoms with Crippen molar-refractivity contribution in [1.82, 2.24) is 0 Å². The molecule has 0 aromatic heterocycles. The lowest BCUT2D eigenvalue weighted by atomic mass is 9.47. The van der Waals surface area contributed by atoms with Gasteiger partial charge in [0, 0.05) is 18.9 Å². The molecule has 3 saturated heterocycles. The zero-order chi connectivity index (χ0) is 37.5. The molecular formula is C39H64O13. The Labute approximate surface area is 307 Å². The minimum atomic E-state index is -1.62. The number of allylic oxidation sites excluding steroid dienone is 1. The predicted molar refractivity (Wildman–Crippen MR) is 185 cm³/mol. The fourth-order valence-electron chi connectivity index (χ4n) is 12.0. The van der Waals surface area contributed by atoms with Crippen molar-refractivity contribution < 1.29 is 64.5 Å². The molecular weight excluding hydrogens is 676 g/mol. The average Bonchev–Trinajstić information content (AvgIpc) is 3.56. The van der Waals surface area contributed by atoms with Crippen LogP contribution < -0.4 is 0 Å². The first-order valence-electron chi connectivity index (χ1n) is 19.9. The summed E-state index contributed by atoms with van der Waals surface area (Å²) in [7, 11) is 0. The largest absolute Gasteiger partial charge is 0.396 e. The molecule has 7 rings (SSSR count). The summed E-state index contributed by atoms with van der Waals surface area (Å²) >= 11 is 0. The molecule has 21 atom stereocenters. The standard InChI is InChI=1S/C39H64O13/c1-18(16-40)8-13-39(47)19(2)28-26(52-39)15-25-23-7-6-21-14-22(9-11-37(21,4)24(23)10-12-38(25,28)5)49-36-34(32(45)30(43)27(17-41)50-36)51-35-33(46)31(44)29(42)20(3)48-35/h6,18-20,22-36,40-47H,7-17H2,1-5H3/t18-,19+,20?,22?,23-,24+,25+,26?,27?,28+,29+,30-,31?,32?,33+,34+,35+,36-,37+,38+,39?/m1/s1. The molecule has 52 heavy (non-hydrogen) atoms. The van der Waals surface area contributed by atoms with Crippen LogP contribution >= 0.6 is 0 Å². The fourth-order valence-corrected chi connectivity index (χ4v) is 12.0. The van der Waals surface area contributed by atoms with Gasteiger partial charge in [-0.15, -0.1) is 0 Å². The number of ether oxygens (including phenoxy) is 5. The van der Waals surface area contributed by atoms with Crippen molar-refractivity contribution in [3.05, 3.63) is 11.6 Å². The molecule has 13 nitrogen and oxygen atoms in total. The van der Waals surface area contributed by atoms with Crippen molar-refractivity contribution in [2.75, 3.05) is 13.2 Å². The van der Waals surface area contributed by atoms with E-state index in [0.717, 1.165) is 44.9 Å². The molecule has 0 spiro atoms. The van der Waals surface area contributed by atoms with Gasteiger partial charge in [0.05, 0.1) is 24.9 Å². The van der Waals surface area contributed by atoms with Gasteiger partial charge in [0.1, 0.15) is 42.7 Å². The number of aliphatic hydroxyl groups excluding tert-OH is 7. The Morgan fingerprint density at radius 3 is 2.35 bits per heavy atom. The highest BCUT2D eigenvalue weighted by atomic mass is 16.8. The normalized spacial score (nSPS) is 55.2. The topological polar surface area (TPSA) is 208 Å². The Hall–Kier alpha value is -0.780. The van der Waals surface area contributed by atoms with Crippen LogP contribution in [0.25, 0.3) is 0 Å². The first kappa shape index (κ1) is 39.5. The second-order valence-corrected chi connectivity index (χ2v) is 18.2. The summed E-state index contributed by atoms with van der Waals surface area (Å²) in [5.74, 6) is 0.853. The van der Waals surface area contributed by atoms with Gasteiger partial charge in [-0.1, -0.05) is 39.3 Å². The van der Waals surface area contributed by atoms with Crippen molar-refractivity contribution in [2.24, 2.45) is 46.3 Å². The van der Waals surface area contributed by atoms with E-state index in [0.29, 0.717) is 36.5 Å². The summed E-state index contributed by atoms with van der Waals surface area (Å²) < 4.78 is 30.6. The van der Waals surface area contributed by atoms with Gasteiger partial charge in [-0.05, 0) is 98.7 Å². The third-order valence-corrected chi connectivity index (χ3v) is 15.3. The van der Waals surface area contributed by atoms with Crippen LogP contribution in [0.5, 0.6) is 0 Å². The Balaban J connectivity index is 1.04. The molecule has 0 radical (unpaired) electrons. The fraction of sp³-hybridized carbons (Fsp3) is 0.949. The quantitative estimate of drug-likeness (QED) is 0.157. The Morgan fingerprint density at radius 1 is 0.885 bits per heavy atom. The molecule has 3 saturated carbocycles. The average molecular weight is 741 g/mol. The number of hydrogen-bond acceptors (Lipinski definition) is 13. The van der Waals surface area contributed by atoms with Crippen LogP contribution in [0.4, 0.5) is 0 Å². The summed E-state index contributed by atoms with van der Waals surface area (Å²) in [6.45, 7) is 10.1. The summed E-state index contributed by atoms with van der Waals surface area (Å²) in [6, 6.07) is 0. The molecule has 0 aromatic rings. The van der Waals surface area contributed by atoms with Gasteiger partial charge in [-0.3, -0.25) is 0 Å². The van der Waals surface area contributed by atoms with Crippen LogP contribution in [-0.4, -0.2) is 133 Å². The molecule has 8 N–H and O–H groups in total. The molecule has 3 heterocycles. The third kappa shape index (κ3) is 6.45. The molecule has 0 bridgehead atoms. The van der Waals surface area contributed by atoms with Crippen molar-refractivity contribution in [2.45, 2.75) is 172 Å². The van der Waals surface area contributed by atoms with Crippen LogP contribution in [0.2, 0.25) is 0 Å². The Morgan fingerprint density at radius 2 is 1.63 bits per heavy atom. The predicted octanol–water partition coefficient (Wildman–Crippen LogP) is 1.34. The van der Waals surface area contributed by atoms with Crippen LogP contribution in [0.3, 0.4) is 0 Å². The van der Waals surface area contributed by atoms with E-state index in [-0.39, 0.29) is 41.5 Å². The van der Waals surface area contributed by atoms with Crippen LogP contribution in [0, 0.1) is 46.3 Å². The number of fused-ring (bicyclic) bond motifs is 7. The summed E-state index contributed by atoms with van der Waals surface area (Å²) in [5.41, 5.74) is 1.44. The second kappa shape index (κ2) is 14.6. The summed E-state index contributed by atoms with van der Waals surface area (Å²) in [4.78, 5) is 0. The molecule has 3 aliphatic heterocycles. The van der Waals surface area contributed by atoms with E-state index in [1.54, 1.807) is 0 Å². The van der Waals surface area contributed by atoms with Gasteiger partial charge in [-0.25, -0.2) is 0 Å². The van der Waals surface area contributed by atoms with Crippen molar-refractivity contribution in [3.8, 4) is 0 Å². The smallest absolute Gasteiger partial charge is 0.187 e. The molecule has 4 aliphatic carbocycles. The van der Waals surface area contributed by atoms with Gasteiger partial charge in [-0.2, -0.15) is 0 Å². The van der Waals surface area contributed by atoms with Crippen molar-refractivity contribution >= 4 is 0 Å². The van der Waals surface area contributed by atoms with Gasteiger partial charge < -0.3 is 64.5 Å². The van der Waals surface area contributed by atoms with Crippen molar-refractivity contribution in [3.63, 3.8) is 0 Å². The maximum absolute atomic E-state index is 11.7. The maximum atomic E-state index is 11.7. The molecule has 7 unspecified atom stereocenters. The van der Waals surface area contributed by atoms with E-state index in [4.69, 9.17) is 23.7 Å². The number of hydrogen-bond donors (Lipinski definition) is 8. The van der Waals surface area contributed by atoms with E-state index >= 15 is 0 Å². The monoisotopic (exact) mass is 740 g/mol. The van der Waals surface area contributed by atoms with Crippen LogP contribution in [-0.2, 0) is 23.7 Å². The van der Waals surface area contributed by atoms with E-state index in [1.807, 2.05) is 6.92 Å². The second-order valence-electron chi connectivity index (χ2n) is 18.2. The van der Waals surface area contributed by atoms with Gasteiger partial charge in [0.15, 0.2) is 18.4 Å². The summed E-state index contributed by atoms with van der Waals surface area (Å²) in [5, 5.41) is 84.0. The molecule has 0 amide bonds. The number of rotatable bonds is 9. The molecule has 0 aromatic carbocycles. The van der Waals surface area contributed by atoms with Crippen LogP contribution in [0.1, 0.15) is 92.4 Å². The lowest BCUT2D eigenvalue weighted by molar-refractivity contribution is -0.369.